The molecule has 0 saturated heterocycles. The van der Waals surface area contributed by atoms with E-state index in [0.29, 0.717) is 22.4 Å². The second-order valence-electron chi connectivity index (χ2n) is 9.98. The average molecular weight is 541 g/mol. The number of primary amides is 1. The smallest absolute Gasteiger partial charge is 0.239 e. The molecule has 2 amide bonds. The summed E-state index contributed by atoms with van der Waals surface area (Å²) >= 11 is 5.53. The van der Waals surface area contributed by atoms with Crippen molar-refractivity contribution in [1.82, 2.24) is 0 Å². The van der Waals surface area contributed by atoms with Gasteiger partial charge >= 0.3 is 0 Å². The Kier molecular flexibility index (Phi) is 6.29. The molecule has 1 fully saturated rings. The van der Waals surface area contributed by atoms with Gasteiger partial charge in [0.25, 0.3) is 0 Å². The summed E-state index contributed by atoms with van der Waals surface area (Å²) in [7, 11) is 0. The Morgan fingerprint density at radius 1 is 1.08 bits per heavy atom. The number of aliphatic hydroxyl groups is 3. The zero-order valence-corrected chi connectivity index (χ0v) is 20.7. The zero-order valence-electron chi connectivity index (χ0n) is 20.0. The predicted octanol–water partition coefficient (Wildman–Crippen LogP) is 1.59. The van der Waals surface area contributed by atoms with Crippen molar-refractivity contribution in [3.8, 4) is 16.9 Å². The molecule has 3 aliphatic rings. The Morgan fingerprint density at radius 2 is 1.76 bits per heavy atom. The number of rotatable bonds is 4. The first-order valence-electron chi connectivity index (χ1n) is 12.0. The van der Waals surface area contributed by atoms with Crippen molar-refractivity contribution in [3.05, 3.63) is 58.9 Å². The fourth-order valence-electron chi connectivity index (χ4n) is 6.12. The van der Waals surface area contributed by atoms with Crippen LogP contribution in [-0.2, 0) is 20.8 Å². The van der Waals surface area contributed by atoms with Crippen LogP contribution in [0.5, 0.6) is 5.75 Å². The quantitative estimate of drug-likeness (QED) is 0.249. The fourth-order valence-corrected chi connectivity index (χ4v) is 6.19. The normalized spacial score (nSPS) is 28.3. The lowest BCUT2D eigenvalue weighted by Crippen LogP contribution is -2.63. The maximum absolute atomic E-state index is 13.7. The topological polar surface area (TPSA) is 187 Å². The van der Waals surface area contributed by atoms with Crippen molar-refractivity contribution < 1.29 is 39.6 Å². The van der Waals surface area contributed by atoms with Crippen LogP contribution in [0, 0.1) is 17.8 Å². The van der Waals surface area contributed by atoms with Crippen LogP contribution in [-0.4, -0.2) is 61.4 Å². The van der Waals surface area contributed by atoms with Crippen LogP contribution >= 0.6 is 11.6 Å². The first-order chi connectivity index (χ1) is 18.0. The summed E-state index contributed by atoms with van der Waals surface area (Å²) < 4.78 is 0. The minimum Gasteiger partial charge on any atom is -0.508 e. The van der Waals surface area contributed by atoms with Gasteiger partial charge in [-0.15, -0.1) is 11.6 Å². The third-order valence-electron chi connectivity index (χ3n) is 7.87. The van der Waals surface area contributed by atoms with E-state index in [9.17, 15) is 39.6 Å². The number of anilines is 1. The lowest BCUT2D eigenvalue weighted by molar-refractivity contribution is -0.167. The van der Waals surface area contributed by atoms with E-state index in [1.165, 1.54) is 6.07 Å². The van der Waals surface area contributed by atoms with Crippen molar-refractivity contribution in [2.45, 2.75) is 31.0 Å². The van der Waals surface area contributed by atoms with Crippen molar-refractivity contribution in [2.24, 2.45) is 23.5 Å². The third kappa shape index (κ3) is 3.79. The molecule has 3 aliphatic carbocycles. The monoisotopic (exact) mass is 540 g/mol. The number of benzene rings is 2. The third-order valence-corrected chi connectivity index (χ3v) is 8.12. The highest BCUT2D eigenvalue weighted by molar-refractivity contribution is 6.29. The number of nitrogens with two attached hydrogens (primary N) is 1. The number of aromatic hydroxyl groups is 1. The van der Waals surface area contributed by atoms with Crippen LogP contribution in [0.4, 0.5) is 5.69 Å². The number of alkyl halides is 1. The first-order valence-corrected chi connectivity index (χ1v) is 12.6. The predicted molar refractivity (Wildman–Crippen MR) is 135 cm³/mol. The van der Waals surface area contributed by atoms with E-state index in [1.54, 1.807) is 30.3 Å². The van der Waals surface area contributed by atoms with Gasteiger partial charge in [-0.05, 0) is 60.1 Å². The van der Waals surface area contributed by atoms with Gasteiger partial charge in [0.15, 0.2) is 17.2 Å². The van der Waals surface area contributed by atoms with Crippen LogP contribution in [0.15, 0.2) is 47.7 Å². The molecule has 0 aliphatic heterocycles. The molecule has 5 atom stereocenters. The van der Waals surface area contributed by atoms with Crippen LogP contribution < -0.4 is 11.1 Å². The summed E-state index contributed by atoms with van der Waals surface area (Å²) in [6, 6.07) is 9.83. The van der Waals surface area contributed by atoms with E-state index in [-0.39, 0.29) is 47.9 Å². The van der Waals surface area contributed by atoms with Crippen molar-refractivity contribution in [2.75, 3.05) is 11.2 Å². The number of carbonyl (C=O) groups is 4. The molecule has 1 saturated carbocycles. The average Bonchev–Trinajstić information content (AvgIpc) is 2.86. The van der Waals surface area contributed by atoms with Crippen LogP contribution in [0.3, 0.4) is 0 Å². The van der Waals surface area contributed by atoms with Gasteiger partial charge in [-0.25, -0.2) is 0 Å². The number of phenolic OH excluding ortho intramolecular Hbond substituents is 1. The van der Waals surface area contributed by atoms with E-state index in [0.717, 1.165) is 0 Å². The summed E-state index contributed by atoms with van der Waals surface area (Å²) in [5.41, 5.74) is 4.87. The van der Waals surface area contributed by atoms with E-state index < -0.39 is 52.7 Å². The minimum atomic E-state index is -2.55. The number of hydrogen-bond acceptors (Lipinski definition) is 8. The van der Waals surface area contributed by atoms with Crippen molar-refractivity contribution in [3.63, 3.8) is 0 Å². The summed E-state index contributed by atoms with van der Waals surface area (Å²) in [6.45, 7) is 0. The second-order valence-corrected chi connectivity index (χ2v) is 10.3. The van der Waals surface area contributed by atoms with E-state index in [2.05, 4.69) is 5.32 Å². The van der Waals surface area contributed by atoms with E-state index in [4.69, 9.17) is 17.3 Å². The highest BCUT2D eigenvalue weighted by Gasteiger charge is 2.62. The molecular weight excluding hydrogens is 516 g/mol. The van der Waals surface area contributed by atoms with E-state index in [1.807, 2.05) is 0 Å². The summed E-state index contributed by atoms with van der Waals surface area (Å²) in [5.74, 6) is -8.05. The molecule has 11 heteroatoms. The second kappa shape index (κ2) is 9.23. The van der Waals surface area contributed by atoms with Gasteiger partial charge in [-0.1, -0.05) is 18.2 Å². The molecule has 0 bridgehead atoms. The van der Waals surface area contributed by atoms with Gasteiger partial charge in [-0.3, -0.25) is 19.2 Å². The van der Waals surface area contributed by atoms with Crippen molar-refractivity contribution >= 4 is 40.7 Å². The molecule has 2 unspecified atom stereocenters. The Bertz CT molecular complexity index is 1420. The number of nitrogens with one attached hydrogen (secondary N) is 1. The van der Waals surface area contributed by atoms with E-state index >= 15 is 0 Å². The number of halogens is 1. The number of fused-ring (bicyclic) bond motifs is 3. The molecular formula is C27H25ClN2O8. The lowest BCUT2D eigenvalue weighted by atomic mass is 9.57. The number of allylic oxidation sites excluding steroid dienone is 1. The first kappa shape index (κ1) is 25.9. The Balaban J connectivity index is 1.59. The van der Waals surface area contributed by atoms with Crippen molar-refractivity contribution in [1.29, 1.82) is 0 Å². The number of carbonyl (C=O) groups excluding carboxylic acids is 4. The molecule has 198 valence electrons. The van der Waals surface area contributed by atoms with Crippen LogP contribution in [0.2, 0.25) is 0 Å². The lowest BCUT2D eigenvalue weighted by Gasteiger charge is -2.48. The largest absolute Gasteiger partial charge is 0.508 e. The number of aliphatic hydroxyl groups excluding tert-OH is 2. The Labute approximate surface area is 221 Å². The number of ketones is 2. The number of amides is 2. The number of hydrogen-bond donors (Lipinski definition) is 6. The highest BCUT2D eigenvalue weighted by atomic mass is 35.5. The summed E-state index contributed by atoms with van der Waals surface area (Å²) in [5, 5.41) is 46.2. The molecule has 7 N–H and O–H groups in total. The fraction of sp³-hybridized carbons (Fsp3) is 0.333. The van der Waals surface area contributed by atoms with Gasteiger partial charge in [0.05, 0.1) is 11.7 Å². The Hall–Kier alpha value is -3.73. The van der Waals surface area contributed by atoms with Gasteiger partial charge in [0.2, 0.25) is 11.8 Å². The molecule has 0 aromatic heterocycles. The number of Topliss-reactive ketones (excluding diaryl/α,β-unsaturated/α-hetero) is 2. The van der Waals surface area contributed by atoms with Gasteiger partial charge in [0, 0.05) is 17.2 Å². The standard InChI is InChI=1S/C27H25ClN2O8/c28-10-19(33)30-14-3-1-11(2-4-14)15-5-6-17(31)21-16(15)8-12-7-13-9-18(32)22(26(29)37)25(36)27(13,38)24(35)20(12)23(21)34/h1-6,12-13,18,22,31-32,35,38H,7-10H2,(H2,29,37)(H,30,33)/t12-,13+,18?,22?,27+/m1/s1. The maximum atomic E-state index is 13.7. The molecule has 0 radical (unpaired) electrons. The highest BCUT2D eigenvalue weighted by Crippen LogP contribution is 2.52. The molecule has 0 heterocycles. The van der Waals surface area contributed by atoms with Gasteiger partial charge < -0.3 is 31.5 Å². The molecule has 10 nitrogen and oxygen atoms in total. The summed E-state index contributed by atoms with van der Waals surface area (Å²) in [6.07, 6.45) is -1.32. The maximum Gasteiger partial charge on any atom is 0.239 e. The summed E-state index contributed by atoms with van der Waals surface area (Å²) in [4.78, 5) is 50.2. The van der Waals surface area contributed by atoms with Crippen LogP contribution in [0.25, 0.3) is 11.1 Å². The molecule has 5 rings (SSSR count). The Morgan fingerprint density at radius 3 is 2.39 bits per heavy atom. The van der Waals surface area contributed by atoms with Gasteiger partial charge in [-0.2, -0.15) is 0 Å². The molecule has 0 spiro atoms. The molecule has 38 heavy (non-hydrogen) atoms. The number of phenols is 1. The molecule has 2 aromatic carbocycles. The van der Waals surface area contributed by atoms with Crippen LogP contribution in [0.1, 0.15) is 28.8 Å². The SMILES string of the molecule is NC(=O)C1C(=O)[C@@]2(O)C(O)=C3C(=O)c4c(O)ccc(-c5ccc(NC(=O)CCl)cc5)c4C[C@H]3C[C@H]2CC1O. The zero-order chi connectivity index (χ0) is 27.5. The molecule has 2 aromatic rings. The minimum absolute atomic E-state index is 0.0587. The van der Waals surface area contributed by atoms with Gasteiger partial charge in [0.1, 0.15) is 23.3 Å².